The minimum atomic E-state index is 0.313. The highest BCUT2D eigenvalue weighted by Crippen LogP contribution is 2.30. The third-order valence-corrected chi connectivity index (χ3v) is 5.76. The van der Waals surface area contributed by atoms with Crippen LogP contribution in [0.15, 0.2) is 71.3 Å². The van der Waals surface area contributed by atoms with Crippen LogP contribution in [0, 0.1) is 0 Å². The van der Waals surface area contributed by atoms with Crippen LogP contribution in [0.1, 0.15) is 24.5 Å². The van der Waals surface area contributed by atoms with Gasteiger partial charge in [0, 0.05) is 36.8 Å². The first kappa shape index (κ1) is 19.1. The minimum Gasteiger partial charge on any atom is -0.454 e. The van der Waals surface area contributed by atoms with Gasteiger partial charge in [0.2, 0.25) is 0 Å². The third-order valence-electron chi connectivity index (χ3n) is 5.76. The van der Waals surface area contributed by atoms with Gasteiger partial charge in [0.05, 0.1) is 19.3 Å². The Morgan fingerprint density at radius 3 is 2.70 bits per heavy atom. The minimum absolute atomic E-state index is 0.313. The lowest BCUT2D eigenvalue weighted by atomic mass is 10.1. The van der Waals surface area contributed by atoms with E-state index in [1.165, 1.54) is 11.1 Å². The van der Waals surface area contributed by atoms with Gasteiger partial charge in [0.25, 0.3) is 0 Å². The van der Waals surface area contributed by atoms with E-state index in [4.69, 9.17) is 14.3 Å². The summed E-state index contributed by atoms with van der Waals surface area (Å²) in [5, 5.41) is 6.05. The molecule has 2 aromatic heterocycles. The quantitative estimate of drug-likeness (QED) is 0.458. The standard InChI is InChI=1S/C25H27N3O2/c1-2-22-18-27(12-13-29-22)16-21-17-28(15-19-8-4-3-5-9-19)26-25(21)24-14-20-10-6-7-11-23(20)30-24/h3-11,14,17,22H,2,12-13,15-16,18H2,1H3. The molecular formula is C25H27N3O2. The van der Waals surface area contributed by atoms with Crippen molar-refractivity contribution >= 4 is 11.0 Å². The van der Waals surface area contributed by atoms with Crippen molar-refractivity contribution in [3.8, 4) is 11.5 Å². The molecule has 5 heteroatoms. The number of ether oxygens (including phenoxy) is 1. The summed E-state index contributed by atoms with van der Waals surface area (Å²) in [6.07, 6.45) is 3.53. The van der Waals surface area contributed by atoms with Gasteiger partial charge in [-0.3, -0.25) is 9.58 Å². The predicted molar refractivity (Wildman–Crippen MR) is 118 cm³/mol. The number of rotatable bonds is 6. The number of hydrogen-bond acceptors (Lipinski definition) is 4. The average molecular weight is 402 g/mol. The number of morpholine rings is 1. The van der Waals surface area contributed by atoms with Gasteiger partial charge in [-0.1, -0.05) is 55.5 Å². The molecule has 0 bridgehead atoms. The van der Waals surface area contributed by atoms with E-state index in [0.717, 1.165) is 61.6 Å². The molecule has 0 amide bonds. The largest absolute Gasteiger partial charge is 0.454 e. The molecule has 1 aliphatic rings. The molecule has 30 heavy (non-hydrogen) atoms. The van der Waals surface area contributed by atoms with Crippen molar-refractivity contribution in [3.05, 3.63) is 78.0 Å². The fourth-order valence-electron chi connectivity index (χ4n) is 4.15. The fraction of sp³-hybridized carbons (Fsp3) is 0.320. The molecule has 0 aliphatic carbocycles. The first-order valence-corrected chi connectivity index (χ1v) is 10.7. The van der Waals surface area contributed by atoms with Crippen LogP contribution >= 0.6 is 0 Å². The summed E-state index contributed by atoms with van der Waals surface area (Å²) < 4.78 is 14.1. The Kier molecular flexibility index (Phi) is 5.39. The normalized spacial score (nSPS) is 17.6. The Labute approximate surface area is 176 Å². The Hall–Kier alpha value is -2.89. The Morgan fingerprint density at radius 1 is 1.03 bits per heavy atom. The van der Waals surface area contributed by atoms with E-state index in [-0.39, 0.29) is 0 Å². The summed E-state index contributed by atoms with van der Waals surface area (Å²) in [5.41, 5.74) is 4.26. The van der Waals surface area contributed by atoms with Gasteiger partial charge in [0.1, 0.15) is 11.3 Å². The van der Waals surface area contributed by atoms with E-state index in [9.17, 15) is 0 Å². The van der Waals surface area contributed by atoms with Gasteiger partial charge in [-0.05, 0) is 24.1 Å². The van der Waals surface area contributed by atoms with Crippen molar-refractivity contribution in [2.45, 2.75) is 32.5 Å². The van der Waals surface area contributed by atoms with Crippen molar-refractivity contribution in [3.63, 3.8) is 0 Å². The van der Waals surface area contributed by atoms with E-state index in [1.54, 1.807) is 0 Å². The van der Waals surface area contributed by atoms with E-state index in [1.807, 2.05) is 28.9 Å². The van der Waals surface area contributed by atoms with E-state index in [0.29, 0.717) is 6.10 Å². The average Bonchev–Trinajstić information content (AvgIpc) is 3.38. The number of fused-ring (bicyclic) bond motifs is 1. The zero-order valence-corrected chi connectivity index (χ0v) is 17.3. The molecule has 1 saturated heterocycles. The van der Waals surface area contributed by atoms with Crippen molar-refractivity contribution in [2.24, 2.45) is 0 Å². The molecular weight excluding hydrogens is 374 g/mol. The second-order valence-electron chi connectivity index (χ2n) is 7.97. The molecule has 3 heterocycles. The highest BCUT2D eigenvalue weighted by atomic mass is 16.5. The lowest BCUT2D eigenvalue weighted by molar-refractivity contribution is -0.0324. The first-order chi connectivity index (χ1) is 14.8. The van der Waals surface area contributed by atoms with Gasteiger partial charge >= 0.3 is 0 Å². The molecule has 5 rings (SSSR count). The summed E-state index contributed by atoms with van der Waals surface area (Å²) in [5.74, 6) is 0.832. The van der Waals surface area contributed by atoms with Crippen molar-refractivity contribution in [1.29, 1.82) is 0 Å². The molecule has 0 N–H and O–H groups in total. The van der Waals surface area contributed by atoms with Gasteiger partial charge in [-0.2, -0.15) is 5.10 Å². The topological polar surface area (TPSA) is 43.4 Å². The van der Waals surface area contributed by atoms with Crippen LogP contribution < -0.4 is 0 Å². The number of aromatic nitrogens is 2. The maximum atomic E-state index is 6.17. The fourth-order valence-corrected chi connectivity index (χ4v) is 4.15. The summed E-state index contributed by atoms with van der Waals surface area (Å²) >= 11 is 0. The second kappa shape index (κ2) is 8.46. The lowest BCUT2D eigenvalue weighted by Crippen LogP contribution is -2.41. The van der Waals surface area contributed by atoms with E-state index < -0.39 is 0 Å². The summed E-state index contributed by atoms with van der Waals surface area (Å²) in [7, 11) is 0. The maximum Gasteiger partial charge on any atom is 0.156 e. The maximum absolute atomic E-state index is 6.17. The van der Waals surface area contributed by atoms with Crippen LogP contribution in [0.3, 0.4) is 0 Å². The number of benzene rings is 2. The molecule has 5 nitrogen and oxygen atoms in total. The number of nitrogens with zero attached hydrogens (tertiary/aromatic N) is 3. The van der Waals surface area contributed by atoms with Crippen LogP contribution in [-0.4, -0.2) is 40.5 Å². The van der Waals surface area contributed by atoms with Crippen molar-refractivity contribution in [2.75, 3.05) is 19.7 Å². The molecule has 1 aliphatic heterocycles. The highest BCUT2D eigenvalue weighted by Gasteiger charge is 2.23. The number of furan rings is 1. The van der Waals surface area contributed by atoms with Gasteiger partial charge in [0.15, 0.2) is 5.76 Å². The van der Waals surface area contributed by atoms with Crippen LogP contribution in [-0.2, 0) is 17.8 Å². The highest BCUT2D eigenvalue weighted by molar-refractivity contribution is 5.82. The molecule has 4 aromatic rings. The number of hydrogen-bond donors (Lipinski definition) is 0. The molecule has 1 atom stereocenters. The Bertz CT molecular complexity index is 1080. The molecule has 0 saturated carbocycles. The molecule has 0 radical (unpaired) electrons. The molecule has 0 spiro atoms. The molecule has 1 unspecified atom stereocenters. The molecule has 154 valence electrons. The Balaban J connectivity index is 1.48. The van der Waals surface area contributed by atoms with Crippen LogP contribution in [0.2, 0.25) is 0 Å². The van der Waals surface area contributed by atoms with E-state index >= 15 is 0 Å². The zero-order chi connectivity index (χ0) is 20.3. The monoisotopic (exact) mass is 401 g/mol. The summed E-state index contributed by atoms with van der Waals surface area (Å²) in [6, 6.07) is 20.7. The second-order valence-corrected chi connectivity index (χ2v) is 7.97. The van der Waals surface area contributed by atoms with Crippen LogP contribution in [0.5, 0.6) is 0 Å². The number of para-hydroxylation sites is 1. The summed E-state index contributed by atoms with van der Waals surface area (Å²) in [4.78, 5) is 2.47. The predicted octanol–water partition coefficient (Wildman–Crippen LogP) is 4.96. The van der Waals surface area contributed by atoms with Crippen LogP contribution in [0.4, 0.5) is 0 Å². The van der Waals surface area contributed by atoms with Crippen LogP contribution in [0.25, 0.3) is 22.4 Å². The molecule has 2 aromatic carbocycles. The zero-order valence-electron chi connectivity index (χ0n) is 17.3. The first-order valence-electron chi connectivity index (χ1n) is 10.7. The van der Waals surface area contributed by atoms with Gasteiger partial charge in [-0.15, -0.1) is 0 Å². The SMILES string of the molecule is CCC1CN(Cc2cn(Cc3ccccc3)nc2-c2cc3ccccc3o2)CCO1. The third kappa shape index (κ3) is 4.04. The summed E-state index contributed by atoms with van der Waals surface area (Å²) in [6.45, 7) is 6.47. The smallest absolute Gasteiger partial charge is 0.156 e. The van der Waals surface area contributed by atoms with Crippen molar-refractivity contribution < 1.29 is 9.15 Å². The van der Waals surface area contributed by atoms with Crippen molar-refractivity contribution in [1.82, 2.24) is 14.7 Å². The van der Waals surface area contributed by atoms with Gasteiger partial charge in [-0.25, -0.2) is 0 Å². The van der Waals surface area contributed by atoms with Gasteiger partial charge < -0.3 is 9.15 Å². The Morgan fingerprint density at radius 2 is 1.87 bits per heavy atom. The van der Waals surface area contributed by atoms with E-state index in [2.05, 4.69) is 54.4 Å². The molecule has 1 fully saturated rings. The lowest BCUT2D eigenvalue weighted by Gasteiger charge is -2.32.